The number of rotatable bonds is 6. The second-order valence-electron chi connectivity index (χ2n) is 8.08. The summed E-state index contributed by atoms with van der Waals surface area (Å²) in [6, 6.07) is 4.24. The van der Waals surface area contributed by atoms with E-state index in [1.165, 1.54) is 19.3 Å². The molecule has 172 valence electrons. The predicted octanol–water partition coefficient (Wildman–Crippen LogP) is 3.20. The Morgan fingerprint density at radius 2 is 2.13 bits per heavy atom. The van der Waals surface area contributed by atoms with Crippen molar-refractivity contribution in [3.63, 3.8) is 0 Å². The van der Waals surface area contributed by atoms with Gasteiger partial charge in [0.2, 0.25) is 0 Å². The maximum atomic E-state index is 6.01. The van der Waals surface area contributed by atoms with Gasteiger partial charge in [0, 0.05) is 31.9 Å². The summed E-state index contributed by atoms with van der Waals surface area (Å²) < 4.78 is 13.6. The van der Waals surface area contributed by atoms with Gasteiger partial charge in [0.1, 0.15) is 11.9 Å². The highest BCUT2D eigenvalue weighted by Crippen LogP contribution is 2.26. The van der Waals surface area contributed by atoms with Gasteiger partial charge in [-0.1, -0.05) is 6.42 Å². The van der Waals surface area contributed by atoms with Crippen LogP contribution in [0, 0.1) is 0 Å². The lowest BCUT2D eigenvalue weighted by Crippen LogP contribution is -2.48. The average Bonchev–Trinajstić information content (AvgIpc) is 3.46. The molecule has 1 N–H and O–H groups in total. The van der Waals surface area contributed by atoms with Crippen LogP contribution in [0.4, 0.5) is 0 Å². The van der Waals surface area contributed by atoms with Gasteiger partial charge in [-0.05, 0) is 45.0 Å². The molecule has 0 spiro atoms. The first-order valence-electron chi connectivity index (χ1n) is 11.2. The molecular weight excluding hydrogens is 507 g/mol. The zero-order valence-electron chi connectivity index (χ0n) is 18.6. The molecular formula is C22H35IN6O2. The summed E-state index contributed by atoms with van der Waals surface area (Å²) in [4.78, 5) is 9.88. The van der Waals surface area contributed by atoms with E-state index in [0.717, 1.165) is 50.0 Å². The number of furan rings is 1. The Balaban J connectivity index is 0.00000272. The van der Waals surface area contributed by atoms with Gasteiger partial charge in [-0.2, -0.15) is 5.10 Å². The molecule has 0 radical (unpaired) electrons. The van der Waals surface area contributed by atoms with Crippen LogP contribution >= 0.6 is 24.0 Å². The number of aromatic nitrogens is 2. The Kier molecular flexibility index (Phi) is 9.21. The van der Waals surface area contributed by atoms with E-state index in [1.54, 1.807) is 6.26 Å². The molecule has 0 aliphatic carbocycles. The molecule has 2 saturated heterocycles. The summed E-state index contributed by atoms with van der Waals surface area (Å²) in [6.07, 6.45) is 9.51. The third-order valence-electron chi connectivity index (χ3n) is 5.91. The van der Waals surface area contributed by atoms with E-state index >= 15 is 0 Å². The zero-order chi connectivity index (χ0) is 20.8. The van der Waals surface area contributed by atoms with Crippen LogP contribution in [0.25, 0.3) is 0 Å². The summed E-state index contributed by atoms with van der Waals surface area (Å²) in [7, 11) is 1.94. The number of aryl methyl sites for hydroxylation is 1. The molecule has 2 aliphatic heterocycles. The van der Waals surface area contributed by atoms with Crippen molar-refractivity contribution in [1.29, 1.82) is 0 Å². The molecule has 2 fully saturated rings. The van der Waals surface area contributed by atoms with Crippen molar-refractivity contribution in [3.05, 3.63) is 42.1 Å². The van der Waals surface area contributed by atoms with Crippen molar-refractivity contribution < 1.29 is 9.15 Å². The van der Waals surface area contributed by atoms with Gasteiger partial charge in [-0.3, -0.25) is 14.6 Å². The number of hydrogen-bond acceptors (Lipinski definition) is 5. The predicted molar refractivity (Wildman–Crippen MR) is 132 cm³/mol. The first-order valence-corrected chi connectivity index (χ1v) is 11.2. The van der Waals surface area contributed by atoms with Crippen molar-refractivity contribution in [2.45, 2.75) is 38.3 Å². The van der Waals surface area contributed by atoms with Crippen LogP contribution in [0.5, 0.6) is 0 Å². The van der Waals surface area contributed by atoms with E-state index in [1.807, 2.05) is 30.2 Å². The molecule has 0 bridgehead atoms. The lowest BCUT2D eigenvalue weighted by atomic mass is 10.1. The van der Waals surface area contributed by atoms with E-state index in [2.05, 4.69) is 33.2 Å². The zero-order valence-corrected chi connectivity index (χ0v) is 20.9. The normalized spacial score (nSPS) is 21.5. The van der Waals surface area contributed by atoms with Gasteiger partial charge < -0.3 is 19.4 Å². The molecule has 2 aliphatic rings. The number of nitrogens with zero attached hydrogens (tertiary/aromatic N) is 5. The molecule has 0 aromatic carbocycles. The van der Waals surface area contributed by atoms with Gasteiger partial charge in [0.15, 0.2) is 5.96 Å². The second kappa shape index (κ2) is 11.9. The number of piperidine rings is 1. The molecule has 2 aromatic rings. The number of hydrogen-bond donors (Lipinski definition) is 1. The first-order chi connectivity index (χ1) is 14.7. The van der Waals surface area contributed by atoms with Gasteiger partial charge in [0.05, 0.1) is 38.2 Å². The van der Waals surface area contributed by atoms with Crippen LogP contribution in [0.3, 0.4) is 0 Å². The number of halogens is 1. The van der Waals surface area contributed by atoms with Crippen LogP contribution in [-0.2, 0) is 11.8 Å². The van der Waals surface area contributed by atoms with Gasteiger partial charge in [-0.25, -0.2) is 0 Å². The monoisotopic (exact) mass is 542 g/mol. The fourth-order valence-corrected chi connectivity index (χ4v) is 4.34. The third-order valence-corrected chi connectivity index (χ3v) is 5.91. The maximum Gasteiger partial charge on any atom is 0.194 e. The van der Waals surface area contributed by atoms with Gasteiger partial charge >= 0.3 is 0 Å². The molecule has 0 saturated carbocycles. The van der Waals surface area contributed by atoms with Crippen molar-refractivity contribution >= 4 is 29.9 Å². The number of aliphatic imine (C=N–C) groups is 1. The topological polar surface area (TPSA) is 71.1 Å². The van der Waals surface area contributed by atoms with Crippen molar-refractivity contribution in [2.75, 3.05) is 45.9 Å². The van der Waals surface area contributed by atoms with Crippen molar-refractivity contribution in [3.8, 4) is 0 Å². The number of morpholine rings is 1. The third kappa shape index (κ3) is 6.23. The highest BCUT2D eigenvalue weighted by atomic mass is 127. The van der Waals surface area contributed by atoms with Crippen LogP contribution in [0.2, 0.25) is 0 Å². The summed E-state index contributed by atoms with van der Waals surface area (Å²) in [6.45, 7) is 8.13. The van der Waals surface area contributed by atoms with E-state index in [4.69, 9.17) is 14.1 Å². The molecule has 0 amide bonds. The number of ether oxygens (including phenoxy) is 1. The lowest BCUT2D eigenvalue weighted by molar-refractivity contribution is -0.00810. The summed E-state index contributed by atoms with van der Waals surface area (Å²) in [5, 5.41) is 7.78. The Bertz CT molecular complexity index is 803. The summed E-state index contributed by atoms with van der Waals surface area (Å²) in [5.41, 5.74) is 1.11. The Morgan fingerprint density at radius 3 is 2.81 bits per heavy atom. The van der Waals surface area contributed by atoms with E-state index in [-0.39, 0.29) is 36.1 Å². The largest absolute Gasteiger partial charge is 0.468 e. The lowest BCUT2D eigenvalue weighted by Gasteiger charge is -2.36. The quantitative estimate of drug-likeness (QED) is 0.344. The molecule has 31 heavy (non-hydrogen) atoms. The molecule has 2 atom stereocenters. The van der Waals surface area contributed by atoms with Crippen molar-refractivity contribution in [1.82, 2.24) is 24.9 Å². The average molecular weight is 542 g/mol. The molecule has 9 heteroatoms. The fourth-order valence-electron chi connectivity index (χ4n) is 4.34. The van der Waals surface area contributed by atoms with E-state index in [0.29, 0.717) is 13.2 Å². The second-order valence-corrected chi connectivity index (χ2v) is 8.08. The van der Waals surface area contributed by atoms with Crippen LogP contribution in [-0.4, -0.2) is 71.4 Å². The molecule has 4 heterocycles. The molecule has 4 rings (SSSR count). The minimum Gasteiger partial charge on any atom is -0.468 e. The fraction of sp³-hybridized carbons (Fsp3) is 0.636. The number of guanidine groups is 1. The Labute approximate surface area is 202 Å². The number of nitrogens with one attached hydrogen (secondary N) is 1. The van der Waals surface area contributed by atoms with Crippen LogP contribution in [0.15, 0.2) is 40.2 Å². The van der Waals surface area contributed by atoms with Crippen LogP contribution in [0.1, 0.15) is 49.7 Å². The highest BCUT2D eigenvalue weighted by molar-refractivity contribution is 14.0. The minimum atomic E-state index is 0. The van der Waals surface area contributed by atoms with Gasteiger partial charge in [-0.15, -0.1) is 24.0 Å². The minimum absolute atomic E-state index is 0. The van der Waals surface area contributed by atoms with E-state index in [9.17, 15) is 0 Å². The SMILES string of the molecule is CCNC(=NCC(c1ccco1)N1CCCCC1)N1CCOC(c2cnn(C)c2)C1.I. The van der Waals surface area contributed by atoms with E-state index < -0.39 is 0 Å². The molecule has 2 aromatic heterocycles. The molecule has 2 unspecified atom stereocenters. The Hall–Kier alpha value is -1.59. The van der Waals surface area contributed by atoms with Crippen molar-refractivity contribution in [2.24, 2.45) is 12.0 Å². The number of likely N-dealkylation sites (tertiary alicyclic amines) is 1. The summed E-state index contributed by atoms with van der Waals surface area (Å²) >= 11 is 0. The van der Waals surface area contributed by atoms with Gasteiger partial charge in [0.25, 0.3) is 0 Å². The maximum absolute atomic E-state index is 6.01. The standard InChI is InChI=1S/C22H34N6O2.HI/c1-3-23-22(28-11-13-30-21(17-28)18-14-25-26(2)16-18)24-15-19(20-8-7-12-29-20)27-9-5-4-6-10-27;/h7-8,12,14,16,19,21H,3-6,9-11,13,15,17H2,1-2H3,(H,23,24);1H. The first kappa shape index (κ1) is 24.1. The highest BCUT2D eigenvalue weighted by Gasteiger charge is 2.27. The smallest absolute Gasteiger partial charge is 0.194 e. The summed E-state index contributed by atoms with van der Waals surface area (Å²) in [5.74, 6) is 1.95. The Morgan fingerprint density at radius 1 is 1.29 bits per heavy atom. The molecule has 8 nitrogen and oxygen atoms in total. The van der Waals surface area contributed by atoms with Crippen LogP contribution < -0.4 is 5.32 Å².